The molecule has 2 fully saturated rings. The molecule has 1 saturated heterocycles. The van der Waals surface area contributed by atoms with Crippen LogP contribution < -0.4 is 5.32 Å². The highest BCUT2D eigenvalue weighted by Crippen LogP contribution is 2.32. The molecule has 1 aliphatic heterocycles. The minimum atomic E-state index is 0.0268. The number of thiol groups is 1. The van der Waals surface area contributed by atoms with Gasteiger partial charge in [0, 0.05) is 27.9 Å². The van der Waals surface area contributed by atoms with Crippen molar-refractivity contribution in [3.05, 3.63) is 34.3 Å². The fraction of sp³-hybridized carbons (Fsp3) is 0.611. The summed E-state index contributed by atoms with van der Waals surface area (Å²) in [6.07, 6.45) is 6.15. The summed E-state index contributed by atoms with van der Waals surface area (Å²) in [5.41, 5.74) is 0.726. The van der Waals surface area contributed by atoms with Crippen LogP contribution in [0.25, 0.3) is 0 Å². The van der Waals surface area contributed by atoms with Gasteiger partial charge in [0.05, 0.1) is 0 Å². The second-order valence-electron chi connectivity index (χ2n) is 6.75. The molecule has 1 aliphatic carbocycles. The average Bonchev–Trinajstić information content (AvgIpc) is 3.07. The zero-order chi connectivity index (χ0) is 16.2. The molecule has 0 bridgehead atoms. The molecule has 0 aromatic heterocycles. The van der Waals surface area contributed by atoms with E-state index in [-0.39, 0.29) is 5.91 Å². The number of amides is 1. The highest BCUT2D eigenvalue weighted by molar-refractivity contribution is 9.10. The van der Waals surface area contributed by atoms with Crippen molar-refractivity contribution in [2.45, 2.75) is 43.4 Å². The molecule has 2 aliphatic rings. The van der Waals surface area contributed by atoms with E-state index in [1.807, 2.05) is 24.3 Å². The smallest absolute Gasteiger partial charge is 0.251 e. The van der Waals surface area contributed by atoms with E-state index in [1.165, 1.54) is 38.8 Å². The Labute approximate surface area is 152 Å². The first-order valence-corrected chi connectivity index (χ1v) is 9.90. The van der Waals surface area contributed by atoms with Gasteiger partial charge in [0.1, 0.15) is 0 Å². The summed E-state index contributed by atoms with van der Waals surface area (Å²) in [7, 11) is 0. The van der Waals surface area contributed by atoms with Gasteiger partial charge < -0.3 is 10.2 Å². The van der Waals surface area contributed by atoms with E-state index in [2.05, 4.69) is 26.1 Å². The number of likely N-dealkylation sites (tertiary alicyclic amines) is 1. The van der Waals surface area contributed by atoms with E-state index in [0.29, 0.717) is 17.2 Å². The van der Waals surface area contributed by atoms with Gasteiger partial charge in [-0.05, 0) is 75.4 Å². The first-order chi connectivity index (χ1) is 11.1. The van der Waals surface area contributed by atoms with Gasteiger partial charge in [-0.1, -0.05) is 15.9 Å². The Morgan fingerprint density at radius 2 is 1.91 bits per heavy atom. The summed E-state index contributed by atoms with van der Waals surface area (Å²) in [6.45, 7) is 3.20. The number of hydrogen-bond acceptors (Lipinski definition) is 3. The van der Waals surface area contributed by atoms with Crippen LogP contribution in [0.3, 0.4) is 0 Å². The third-order valence-corrected chi connectivity index (χ3v) is 6.15. The Balaban J connectivity index is 1.59. The Morgan fingerprint density at radius 3 is 2.61 bits per heavy atom. The maximum Gasteiger partial charge on any atom is 0.251 e. The number of carbonyl (C=O) groups is 1. The lowest BCUT2D eigenvalue weighted by molar-refractivity contribution is 0.0906. The van der Waals surface area contributed by atoms with Gasteiger partial charge in [0.15, 0.2) is 0 Å². The number of nitrogens with one attached hydrogen (secondary N) is 1. The second-order valence-corrected chi connectivity index (χ2v) is 8.40. The molecule has 126 valence electrons. The van der Waals surface area contributed by atoms with Crippen LogP contribution in [0.4, 0.5) is 0 Å². The largest absolute Gasteiger partial charge is 0.352 e. The average molecular weight is 397 g/mol. The Kier molecular flexibility index (Phi) is 6.05. The van der Waals surface area contributed by atoms with Crippen LogP contribution in [0.5, 0.6) is 0 Å². The van der Waals surface area contributed by atoms with Crippen LogP contribution in [-0.2, 0) is 0 Å². The molecule has 23 heavy (non-hydrogen) atoms. The van der Waals surface area contributed by atoms with Crippen LogP contribution >= 0.6 is 28.6 Å². The SMILES string of the molecule is O=C(NCC1CC(S)CCC1N1CCCC1)c1ccc(Br)cc1. The van der Waals surface area contributed by atoms with Gasteiger partial charge in [-0.15, -0.1) is 0 Å². The van der Waals surface area contributed by atoms with E-state index >= 15 is 0 Å². The summed E-state index contributed by atoms with van der Waals surface area (Å²) in [5.74, 6) is 0.544. The number of halogens is 1. The van der Waals surface area contributed by atoms with Crippen LogP contribution in [0.1, 0.15) is 42.5 Å². The molecule has 1 saturated carbocycles. The standard InChI is InChI=1S/C18H25BrN2OS/c19-15-5-3-13(4-6-15)18(22)20-12-14-11-16(23)7-8-17(14)21-9-1-2-10-21/h3-6,14,16-17,23H,1-2,7-12H2,(H,20,22). The minimum Gasteiger partial charge on any atom is -0.352 e. The van der Waals surface area contributed by atoms with Gasteiger partial charge >= 0.3 is 0 Å². The highest BCUT2D eigenvalue weighted by Gasteiger charge is 2.34. The zero-order valence-corrected chi connectivity index (χ0v) is 15.9. The molecule has 3 atom stereocenters. The second kappa shape index (κ2) is 8.04. The summed E-state index contributed by atoms with van der Waals surface area (Å²) >= 11 is 8.10. The van der Waals surface area contributed by atoms with Crippen molar-refractivity contribution in [2.75, 3.05) is 19.6 Å². The molecule has 1 aromatic rings. The first-order valence-electron chi connectivity index (χ1n) is 8.59. The first kappa shape index (κ1) is 17.3. The molecule has 5 heteroatoms. The van der Waals surface area contributed by atoms with Crippen molar-refractivity contribution in [1.29, 1.82) is 0 Å². The summed E-state index contributed by atoms with van der Waals surface area (Å²) in [6, 6.07) is 8.16. The predicted octanol–water partition coefficient (Wildman–Crippen LogP) is 3.74. The Morgan fingerprint density at radius 1 is 1.22 bits per heavy atom. The molecule has 1 N–H and O–H groups in total. The lowest BCUT2D eigenvalue weighted by Crippen LogP contribution is -2.47. The normalized spacial score (nSPS) is 28.7. The monoisotopic (exact) mass is 396 g/mol. The molecule has 0 spiro atoms. The third-order valence-electron chi connectivity index (χ3n) is 5.16. The van der Waals surface area contributed by atoms with Gasteiger partial charge in [-0.3, -0.25) is 4.79 Å². The van der Waals surface area contributed by atoms with E-state index in [9.17, 15) is 4.79 Å². The third kappa shape index (κ3) is 4.52. The predicted molar refractivity (Wildman–Crippen MR) is 101 cm³/mol. The molecule has 3 unspecified atom stereocenters. The van der Waals surface area contributed by atoms with Gasteiger partial charge in [-0.25, -0.2) is 0 Å². The van der Waals surface area contributed by atoms with E-state index in [1.54, 1.807) is 0 Å². The zero-order valence-electron chi connectivity index (χ0n) is 13.4. The highest BCUT2D eigenvalue weighted by atomic mass is 79.9. The van der Waals surface area contributed by atoms with Crippen molar-refractivity contribution in [3.8, 4) is 0 Å². The fourth-order valence-electron chi connectivity index (χ4n) is 3.92. The summed E-state index contributed by atoms with van der Waals surface area (Å²) in [5, 5.41) is 3.62. The maximum absolute atomic E-state index is 12.3. The van der Waals surface area contributed by atoms with E-state index in [0.717, 1.165) is 23.0 Å². The number of rotatable bonds is 4. The number of benzene rings is 1. The molecular formula is C18H25BrN2OS. The van der Waals surface area contributed by atoms with Crippen molar-refractivity contribution in [1.82, 2.24) is 10.2 Å². The van der Waals surface area contributed by atoms with Crippen molar-refractivity contribution < 1.29 is 4.79 Å². The van der Waals surface area contributed by atoms with Crippen LogP contribution in [0, 0.1) is 5.92 Å². The fourth-order valence-corrected chi connectivity index (χ4v) is 4.61. The molecule has 1 heterocycles. The van der Waals surface area contributed by atoms with Gasteiger partial charge in [-0.2, -0.15) is 12.6 Å². The van der Waals surface area contributed by atoms with E-state index < -0.39 is 0 Å². The lowest BCUT2D eigenvalue weighted by Gasteiger charge is -2.40. The topological polar surface area (TPSA) is 32.3 Å². The van der Waals surface area contributed by atoms with Crippen LogP contribution in [0.15, 0.2) is 28.7 Å². The summed E-state index contributed by atoms with van der Waals surface area (Å²) in [4.78, 5) is 15.0. The van der Waals surface area contributed by atoms with Gasteiger partial charge in [0.25, 0.3) is 5.91 Å². The Bertz CT molecular complexity index is 530. The molecule has 3 nitrogen and oxygen atoms in total. The Hall–Kier alpha value is -0.520. The number of nitrogens with zero attached hydrogens (tertiary/aromatic N) is 1. The van der Waals surface area contributed by atoms with Crippen LogP contribution in [0.2, 0.25) is 0 Å². The lowest BCUT2D eigenvalue weighted by atomic mass is 9.83. The summed E-state index contributed by atoms with van der Waals surface area (Å²) < 4.78 is 0.994. The molecule has 3 rings (SSSR count). The molecule has 0 radical (unpaired) electrons. The van der Waals surface area contributed by atoms with Crippen LogP contribution in [-0.4, -0.2) is 41.7 Å². The van der Waals surface area contributed by atoms with Gasteiger partial charge in [0.2, 0.25) is 0 Å². The molecular weight excluding hydrogens is 372 g/mol. The number of hydrogen-bond donors (Lipinski definition) is 2. The number of carbonyl (C=O) groups excluding carboxylic acids is 1. The van der Waals surface area contributed by atoms with Crippen molar-refractivity contribution in [2.24, 2.45) is 5.92 Å². The maximum atomic E-state index is 12.3. The van der Waals surface area contributed by atoms with Crippen molar-refractivity contribution in [3.63, 3.8) is 0 Å². The van der Waals surface area contributed by atoms with E-state index in [4.69, 9.17) is 12.6 Å². The quantitative estimate of drug-likeness (QED) is 0.759. The molecule has 1 amide bonds. The van der Waals surface area contributed by atoms with Crippen molar-refractivity contribution >= 4 is 34.5 Å². The minimum absolute atomic E-state index is 0.0268. The molecule has 1 aromatic carbocycles.